The molecule has 1 aliphatic rings. The second-order valence-corrected chi connectivity index (χ2v) is 8.71. The summed E-state index contributed by atoms with van der Waals surface area (Å²) in [6.45, 7) is 1.24. The number of carbonyl (C=O) groups is 1. The number of hydrogen-bond acceptors (Lipinski definition) is 5. The number of imidazole rings is 1. The van der Waals surface area contributed by atoms with Crippen molar-refractivity contribution in [3.63, 3.8) is 0 Å². The average molecular weight is 462 g/mol. The maximum atomic E-state index is 12.6. The third kappa shape index (κ3) is 5.82. The molecule has 1 aliphatic heterocycles. The summed E-state index contributed by atoms with van der Waals surface area (Å²) in [6, 6.07) is 9.29. The van der Waals surface area contributed by atoms with Crippen molar-refractivity contribution < 1.29 is 22.7 Å². The summed E-state index contributed by atoms with van der Waals surface area (Å²) >= 11 is 1.69. The van der Waals surface area contributed by atoms with Gasteiger partial charge in [-0.2, -0.15) is 13.2 Å². The third-order valence-electron chi connectivity index (χ3n) is 5.12. The van der Waals surface area contributed by atoms with Gasteiger partial charge >= 0.3 is 12.3 Å². The van der Waals surface area contributed by atoms with E-state index in [0.717, 1.165) is 35.8 Å². The Balaban J connectivity index is 1.26. The van der Waals surface area contributed by atoms with Crippen LogP contribution in [0.3, 0.4) is 0 Å². The number of ether oxygens (including phenoxy) is 1. The first kappa shape index (κ1) is 22.2. The van der Waals surface area contributed by atoms with Crippen molar-refractivity contribution in [1.29, 1.82) is 0 Å². The molecule has 3 heterocycles. The number of pyridine rings is 1. The largest absolute Gasteiger partial charge is 0.417 e. The fourth-order valence-corrected chi connectivity index (χ4v) is 4.40. The first-order valence-electron chi connectivity index (χ1n) is 10.1. The first-order chi connectivity index (χ1) is 15.4. The quantitative estimate of drug-likeness (QED) is 0.567. The highest BCUT2D eigenvalue weighted by atomic mass is 32.2. The first-order valence-corrected chi connectivity index (χ1v) is 11.0. The Bertz CT molecular complexity index is 1020. The van der Waals surface area contributed by atoms with Gasteiger partial charge in [-0.1, -0.05) is 23.9 Å². The number of nitrogens with one attached hydrogen (secondary N) is 1. The van der Waals surface area contributed by atoms with Crippen LogP contribution < -0.4 is 4.74 Å². The number of thioether (sulfide) groups is 1. The lowest BCUT2D eigenvalue weighted by Crippen LogP contribution is -2.40. The molecule has 0 bridgehead atoms. The molecule has 10 heteroatoms. The second-order valence-electron chi connectivity index (χ2n) is 7.42. The van der Waals surface area contributed by atoms with E-state index < -0.39 is 11.7 Å². The molecule has 0 radical (unpaired) electrons. The number of likely N-dealkylation sites (tertiary alicyclic amines) is 1. The Kier molecular flexibility index (Phi) is 6.69. The summed E-state index contributed by atoms with van der Waals surface area (Å²) in [5.74, 6) is 0.422. The predicted molar refractivity (Wildman–Crippen MR) is 114 cm³/mol. The van der Waals surface area contributed by atoms with E-state index in [2.05, 4.69) is 15.0 Å². The molecule has 0 unspecified atom stereocenters. The molecule has 0 aliphatic carbocycles. The Morgan fingerprint density at radius 1 is 1.12 bits per heavy atom. The molecule has 1 N–H and O–H groups in total. The van der Waals surface area contributed by atoms with Crippen molar-refractivity contribution in [1.82, 2.24) is 19.9 Å². The van der Waals surface area contributed by atoms with E-state index >= 15 is 0 Å². The van der Waals surface area contributed by atoms with Gasteiger partial charge in [-0.15, -0.1) is 0 Å². The van der Waals surface area contributed by atoms with Crippen molar-refractivity contribution in [2.24, 2.45) is 0 Å². The van der Waals surface area contributed by atoms with Gasteiger partial charge in [0.1, 0.15) is 5.75 Å². The van der Waals surface area contributed by atoms with Crippen LogP contribution in [-0.4, -0.2) is 44.3 Å². The van der Waals surface area contributed by atoms with E-state index in [0.29, 0.717) is 36.2 Å². The highest BCUT2D eigenvalue weighted by Crippen LogP contribution is 2.29. The molecule has 6 nitrogen and oxygen atoms in total. The number of aromatic nitrogens is 3. The lowest BCUT2D eigenvalue weighted by molar-refractivity contribution is -0.137. The van der Waals surface area contributed by atoms with Gasteiger partial charge in [0.25, 0.3) is 0 Å². The number of alkyl halides is 3. The zero-order valence-corrected chi connectivity index (χ0v) is 17.8. The van der Waals surface area contributed by atoms with Crippen LogP contribution in [0, 0.1) is 0 Å². The van der Waals surface area contributed by atoms with E-state index in [1.54, 1.807) is 53.3 Å². The van der Waals surface area contributed by atoms with Gasteiger partial charge in [-0.05, 0) is 42.7 Å². The number of hydrogen-bond donors (Lipinski definition) is 1. The highest BCUT2D eigenvalue weighted by Gasteiger charge is 2.30. The fraction of sp³-hybridized carbons (Fsp3) is 0.318. The maximum Gasteiger partial charge on any atom is 0.417 e. The van der Waals surface area contributed by atoms with E-state index in [4.69, 9.17) is 4.74 Å². The standard InChI is InChI=1S/C22H21F3N4O2S/c23-22(24,25)16-3-4-17(28-14-16)13-15-1-5-18(6-2-15)31-21(30)29-11-7-19(8-12-29)32-20-26-9-10-27-20/h1-6,9-10,14,19H,7-8,11-13H2,(H,26,27). The smallest absolute Gasteiger partial charge is 0.410 e. The molecule has 168 valence electrons. The Labute approximate surface area is 187 Å². The van der Waals surface area contributed by atoms with Crippen molar-refractivity contribution in [3.8, 4) is 5.75 Å². The van der Waals surface area contributed by atoms with Gasteiger partial charge in [0, 0.05) is 49.0 Å². The fourth-order valence-electron chi connectivity index (χ4n) is 3.38. The number of rotatable bonds is 5. The molecule has 3 aromatic rings. The molecular weight excluding hydrogens is 441 g/mol. The van der Waals surface area contributed by atoms with Gasteiger partial charge in [0.15, 0.2) is 5.16 Å². The number of aromatic amines is 1. The monoisotopic (exact) mass is 462 g/mol. The van der Waals surface area contributed by atoms with Crippen LogP contribution >= 0.6 is 11.8 Å². The lowest BCUT2D eigenvalue weighted by atomic mass is 10.1. The van der Waals surface area contributed by atoms with Crippen molar-refractivity contribution in [2.75, 3.05) is 13.1 Å². The van der Waals surface area contributed by atoms with Crippen LogP contribution in [0.4, 0.5) is 18.0 Å². The van der Waals surface area contributed by atoms with Crippen LogP contribution in [0.1, 0.15) is 29.7 Å². The molecule has 1 fully saturated rings. The van der Waals surface area contributed by atoms with Crippen LogP contribution in [0.15, 0.2) is 60.1 Å². The summed E-state index contributed by atoms with van der Waals surface area (Å²) in [5, 5.41) is 1.29. The van der Waals surface area contributed by atoms with Crippen LogP contribution in [0.5, 0.6) is 5.75 Å². The Morgan fingerprint density at radius 2 is 1.88 bits per heavy atom. The number of piperidine rings is 1. The van der Waals surface area contributed by atoms with Gasteiger partial charge in [-0.3, -0.25) is 4.98 Å². The summed E-state index contributed by atoms with van der Waals surface area (Å²) < 4.78 is 43.4. The molecule has 0 spiro atoms. The number of halogens is 3. The van der Waals surface area contributed by atoms with Gasteiger partial charge in [-0.25, -0.2) is 9.78 Å². The van der Waals surface area contributed by atoms with Gasteiger partial charge < -0.3 is 14.6 Å². The topological polar surface area (TPSA) is 71.1 Å². The normalized spacial score (nSPS) is 15.0. The second kappa shape index (κ2) is 9.64. The lowest BCUT2D eigenvalue weighted by Gasteiger charge is -2.30. The van der Waals surface area contributed by atoms with Crippen molar-refractivity contribution in [3.05, 3.63) is 71.8 Å². The van der Waals surface area contributed by atoms with E-state index in [1.807, 2.05) is 0 Å². The summed E-state index contributed by atoms with van der Waals surface area (Å²) in [5.41, 5.74) is 0.609. The number of nitrogens with zero attached hydrogens (tertiary/aromatic N) is 3. The van der Waals surface area contributed by atoms with Crippen LogP contribution in [-0.2, 0) is 12.6 Å². The predicted octanol–water partition coefficient (Wildman–Crippen LogP) is 5.17. The average Bonchev–Trinajstić information content (AvgIpc) is 3.28. The van der Waals surface area contributed by atoms with E-state index in [1.165, 1.54) is 6.07 Å². The molecule has 2 aromatic heterocycles. The molecule has 0 atom stereocenters. The SMILES string of the molecule is O=C(Oc1ccc(Cc2ccc(C(F)(F)F)cn2)cc1)N1CCC(Sc2ncc[nH]2)CC1. The molecule has 0 saturated carbocycles. The minimum absolute atomic E-state index is 0.382. The van der Waals surface area contributed by atoms with Crippen LogP contribution in [0.2, 0.25) is 0 Å². The van der Waals surface area contributed by atoms with Gasteiger partial charge in [0.05, 0.1) is 5.56 Å². The van der Waals surface area contributed by atoms with E-state index in [9.17, 15) is 18.0 Å². The minimum Gasteiger partial charge on any atom is -0.410 e. The highest BCUT2D eigenvalue weighted by molar-refractivity contribution is 7.99. The van der Waals surface area contributed by atoms with Crippen LogP contribution in [0.25, 0.3) is 0 Å². The number of carbonyl (C=O) groups excluding carboxylic acids is 1. The number of amides is 1. The molecule has 32 heavy (non-hydrogen) atoms. The molecule has 1 saturated heterocycles. The minimum atomic E-state index is -4.40. The summed E-state index contributed by atoms with van der Waals surface area (Å²) in [7, 11) is 0. The molecule has 1 amide bonds. The summed E-state index contributed by atoms with van der Waals surface area (Å²) in [4.78, 5) is 25.3. The van der Waals surface area contributed by atoms with E-state index in [-0.39, 0.29) is 6.09 Å². The summed E-state index contributed by atoms with van der Waals surface area (Å²) in [6.07, 6.45) is 1.67. The molecule has 1 aromatic carbocycles. The number of H-pyrrole nitrogens is 1. The van der Waals surface area contributed by atoms with Crippen molar-refractivity contribution in [2.45, 2.75) is 35.8 Å². The molecule has 4 rings (SSSR count). The zero-order chi connectivity index (χ0) is 22.6. The maximum absolute atomic E-state index is 12.6. The Morgan fingerprint density at radius 3 is 2.47 bits per heavy atom. The Hall–Kier alpha value is -3.01. The number of benzene rings is 1. The molecular formula is C22H21F3N4O2S. The van der Waals surface area contributed by atoms with Gasteiger partial charge in [0.2, 0.25) is 0 Å². The van der Waals surface area contributed by atoms with Crippen molar-refractivity contribution >= 4 is 17.9 Å². The third-order valence-corrected chi connectivity index (χ3v) is 6.37. The zero-order valence-electron chi connectivity index (χ0n) is 17.0.